The van der Waals surface area contributed by atoms with E-state index in [1.807, 2.05) is 0 Å². The highest BCUT2D eigenvalue weighted by Crippen LogP contribution is 2.37. The summed E-state index contributed by atoms with van der Waals surface area (Å²) in [5, 5.41) is 69.2. The van der Waals surface area contributed by atoms with E-state index in [2.05, 4.69) is 13.8 Å². The van der Waals surface area contributed by atoms with Crippen LogP contribution in [0.25, 0.3) is 0 Å². The topological polar surface area (TPSA) is 274 Å². The molecule has 5 rings (SSSR count). The van der Waals surface area contributed by atoms with Crippen molar-refractivity contribution in [2.24, 2.45) is 5.92 Å². The molecule has 5 saturated heterocycles. The van der Waals surface area contributed by atoms with Gasteiger partial charge >= 0.3 is 17.9 Å². The second-order valence-corrected chi connectivity index (χ2v) is 22.5. The Kier molecular flexibility index (Phi) is 28.7. The van der Waals surface area contributed by atoms with Crippen LogP contribution in [0.1, 0.15) is 209 Å². The van der Waals surface area contributed by atoms with Gasteiger partial charge in [0.25, 0.3) is 0 Å². The molecule has 5 fully saturated rings. The largest absolute Gasteiger partial charge is 0.456 e. The number of hydrogen-bond donors (Lipinski definition) is 6. The Labute approximate surface area is 458 Å². The summed E-state index contributed by atoms with van der Waals surface area (Å²) in [5.74, 6) is -2.56. The van der Waals surface area contributed by atoms with E-state index in [9.17, 15) is 45.0 Å². The molecular weight excluding hydrogens is 1000 g/mol. The number of carbonyl (C=O) groups excluding carboxylic acids is 3. The first-order valence-corrected chi connectivity index (χ1v) is 29.8. The molecule has 5 aliphatic heterocycles. The molecular formula is C57H100O20. The van der Waals surface area contributed by atoms with Crippen LogP contribution in [0.5, 0.6) is 0 Å². The van der Waals surface area contributed by atoms with Gasteiger partial charge < -0.3 is 82.7 Å². The average Bonchev–Trinajstić information content (AvgIpc) is 3.41. The summed E-state index contributed by atoms with van der Waals surface area (Å²) >= 11 is 0. The number of unbranched alkanes of at least 4 members (excludes halogenated alkanes) is 10. The molecule has 0 amide bonds. The maximum Gasteiger partial charge on any atom is 0.309 e. The number of carbonyl (C=O) groups is 3. The number of rotatable bonds is 22. The number of fused-ring (bicyclic) bond motifs is 3. The molecule has 6 N–H and O–H groups in total. The molecule has 0 aliphatic carbocycles. The molecule has 0 radical (unpaired) electrons. The van der Waals surface area contributed by atoms with Crippen molar-refractivity contribution < 1.29 is 97.1 Å². The third-order valence-electron chi connectivity index (χ3n) is 16.1. The van der Waals surface area contributed by atoms with Crippen LogP contribution in [0.4, 0.5) is 0 Å². The summed E-state index contributed by atoms with van der Waals surface area (Å²) in [4.78, 5) is 40.6. The second-order valence-electron chi connectivity index (χ2n) is 22.5. The molecule has 5 aliphatic rings. The maximum atomic E-state index is 13.7. The summed E-state index contributed by atoms with van der Waals surface area (Å²) < 4.78 is 68.5. The van der Waals surface area contributed by atoms with Gasteiger partial charge in [-0.25, -0.2) is 0 Å². The van der Waals surface area contributed by atoms with Crippen molar-refractivity contribution in [2.45, 2.75) is 338 Å². The van der Waals surface area contributed by atoms with Crippen molar-refractivity contribution in [1.29, 1.82) is 0 Å². The quantitative estimate of drug-likeness (QED) is 0.0385. The predicted octanol–water partition coefficient (Wildman–Crippen LogP) is 6.48. The summed E-state index contributed by atoms with van der Waals surface area (Å²) in [7, 11) is 0. The van der Waals surface area contributed by atoms with Gasteiger partial charge in [0.1, 0.15) is 54.9 Å². The van der Waals surface area contributed by atoms with Crippen LogP contribution in [0.3, 0.4) is 0 Å². The van der Waals surface area contributed by atoms with Crippen molar-refractivity contribution in [3.8, 4) is 0 Å². The van der Waals surface area contributed by atoms with Crippen molar-refractivity contribution >= 4 is 17.9 Å². The van der Waals surface area contributed by atoms with Crippen LogP contribution in [0.2, 0.25) is 0 Å². The molecule has 20 nitrogen and oxygen atoms in total. The van der Waals surface area contributed by atoms with Gasteiger partial charge in [-0.05, 0) is 59.8 Å². The lowest BCUT2D eigenvalue weighted by atomic mass is 9.96. The van der Waals surface area contributed by atoms with Gasteiger partial charge in [-0.2, -0.15) is 0 Å². The lowest BCUT2D eigenvalue weighted by Crippen LogP contribution is -2.67. The molecule has 5 heterocycles. The molecule has 0 spiro atoms. The first kappa shape index (κ1) is 65.7. The van der Waals surface area contributed by atoms with Crippen LogP contribution in [-0.4, -0.2) is 177 Å². The Morgan fingerprint density at radius 2 is 1.08 bits per heavy atom. The fourth-order valence-electron chi connectivity index (χ4n) is 10.9. The zero-order chi connectivity index (χ0) is 56.2. The molecule has 2 bridgehead atoms. The predicted molar refractivity (Wildman–Crippen MR) is 280 cm³/mol. The maximum absolute atomic E-state index is 13.7. The van der Waals surface area contributed by atoms with Crippen molar-refractivity contribution in [2.75, 3.05) is 0 Å². The molecule has 22 atom stereocenters. The molecule has 0 aromatic carbocycles. The number of aliphatic hydroxyl groups is 6. The summed E-state index contributed by atoms with van der Waals surface area (Å²) in [6.07, 6.45) is -7.91. The Morgan fingerprint density at radius 1 is 0.519 bits per heavy atom. The third kappa shape index (κ3) is 19.5. The monoisotopic (exact) mass is 1100 g/mol. The Morgan fingerprint density at radius 3 is 1.75 bits per heavy atom. The van der Waals surface area contributed by atoms with E-state index >= 15 is 0 Å². The zero-order valence-electron chi connectivity index (χ0n) is 47.6. The molecule has 0 saturated carbocycles. The van der Waals surface area contributed by atoms with E-state index < -0.39 is 147 Å². The van der Waals surface area contributed by atoms with E-state index in [1.54, 1.807) is 34.6 Å². The van der Waals surface area contributed by atoms with Crippen LogP contribution >= 0.6 is 0 Å². The van der Waals surface area contributed by atoms with Gasteiger partial charge in [0.2, 0.25) is 0 Å². The standard InChI is InChI=1S/C57H100O20/c1-9-12-14-15-16-17-20-23-28-32-40(59)73-52-44(63)42(61)34(5)67-56(52)76-48-37(8)69-54(46(65)50(48)74-53(66)33(4)11-3)75-47-36(7)70-55-45(64)49(47)72-39(58)31-27-24-21-18-19-22-26-30-38(29-25-13-10-2)71-51-43(62)41(60)35(6)68-57(51)77-55/h33-38,41-52,54-57,60-65H,9-32H2,1-8H3/t33-,34-,35+,36-,37-,38?,41-,42-,43-,44+,45+,46+,47-,48-,49-,50-,51+,52+,54-,55-,56-,57+/m0/s1. The molecule has 0 aromatic rings. The average molecular weight is 1110 g/mol. The number of hydrogen-bond acceptors (Lipinski definition) is 20. The van der Waals surface area contributed by atoms with Gasteiger partial charge in [-0.15, -0.1) is 0 Å². The minimum Gasteiger partial charge on any atom is -0.456 e. The highest BCUT2D eigenvalue weighted by atomic mass is 16.8. The second kappa shape index (κ2) is 33.7. The van der Waals surface area contributed by atoms with Crippen LogP contribution in [-0.2, 0) is 66.5 Å². The highest BCUT2D eigenvalue weighted by Gasteiger charge is 2.56. The normalized spacial score (nSPS) is 39.5. The summed E-state index contributed by atoms with van der Waals surface area (Å²) in [6.45, 7) is 14.0. The molecule has 448 valence electrons. The Hall–Kier alpha value is -2.15. The van der Waals surface area contributed by atoms with Crippen LogP contribution in [0.15, 0.2) is 0 Å². The number of ether oxygens (including phenoxy) is 11. The van der Waals surface area contributed by atoms with E-state index in [4.69, 9.17) is 52.1 Å². The van der Waals surface area contributed by atoms with E-state index in [0.717, 1.165) is 96.3 Å². The van der Waals surface area contributed by atoms with Crippen molar-refractivity contribution in [3.63, 3.8) is 0 Å². The van der Waals surface area contributed by atoms with Gasteiger partial charge in [-0.3, -0.25) is 14.4 Å². The first-order valence-electron chi connectivity index (χ1n) is 29.8. The van der Waals surface area contributed by atoms with E-state index in [1.165, 1.54) is 32.6 Å². The minimum atomic E-state index is -1.82. The van der Waals surface area contributed by atoms with Gasteiger partial charge in [-0.1, -0.05) is 137 Å². The van der Waals surface area contributed by atoms with Gasteiger partial charge in [0, 0.05) is 12.8 Å². The zero-order valence-corrected chi connectivity index (χ0v) is 47.6. The number of aliphatic hydroxyl groups excluding tert-OH is 6. The molecule has 20 heteroatoms. The van der Waals surface area contributed by atoms with Crippen LogP contribution in [0, 0.1) is 5.92 Å². The highest BCUT2D eigenvalue weighted by molar-refractivity contribution is 5.72. The first-order chi connectivity index (χ1) is 36.9. The smallest absolute Gasteiger partial charge is 0.309 e. The lowest BCUT2D eigenvalue weighted by molar-refractivity contribution is -0.394. The Bertz CT molecular complexity index is 1690. The molecule has 77 heavy (non-hydrogen) atoms. The molecule has 1 unspecified atom stereocenters. The fraction of sp³-hybridized carbons (Fsp3) is 0.947. The third-order valence-corrected chi connectivity index (χ3v) is 16.1. The van der Waals surface area contributed by atoms with Crippen LogP contribution < -0.4 is 0 Å². The fourth-order valence-corrected chi connectivity index (χ4v) is 10.9. The Balaban J connectivity index is 1.37. The summed E-state index contributed by atoms with van der Waals surface area (Å²) in [5.41, 5.74) is 0. The summed E-state index contributed by atoms with van der Waals surface area (Å²) in [6, 6.07) is 0. The van der Waals surface area contributed by atoms with Crippen molar-refractivity contribution in [3.05, 3.63) is 0 Å². The van der Waals surface area contributed by atoms with Gasteiger partial charge in [0.15, 0.2) is 43.5 Å². The lowest BCUT2D eigenvalue weighted by Gasteiger charge is -2.49. The van der Waals surface area contributed by atoms with E-state index in [0.29, 0.717) is 19.3 Å². The SMILES string of the molecule is CCCCCCCCCCCC(=O)O[C@H]1[C@H](O[C@@H]2[C@@H](OC(=O)[C@@H](C)CC)[C@@H](O)[C@H](O[C@@H]3[C@H]4OC(=O)CCCCCCCCCC(CCCCC)O[C@H]5[C@@H](O[C@H](O[C@H]3C)[C@@H]4O)O[C@H](C)[C@H](O)[C@@H]5O)O[C@H]2C)O[C@@H](C)[C@H](O)[C@H]1O. The minimum absolute atomic E-state index is 0.0365. The van der Waals surface area contributed by atoms with Gasteiger partial charge in [0.05, 0.1) is 36.4 Å². The van der Waals surface area contributed by atoms with Crippen molar-refractivity contribution in [1.82, 2.24) is 0 Å². The van der Waals surface area contributed by atoms with E-state index in [-0.39, 0.29) is 18.9 Å². The molecule has 0 aromatic heterocycles. The number of esters is 3.